The van der Waals surface area contributed by atoms with Gasteiger partial charge in [0, 0.05) is 50.7 Å². The van der Waals surface area contributed by atoms with Crippen LogP contribution in [0.2, 0.25) is 0 Å². The highest BCUT2D eigenvalue weighted by Crippen LogP contribution is 2.33. The standard InChI is InChI=1S/C26H33N7O.C2H6/c1-5-12-33(13-6-2)20-9-7-18(8-10-20)19-15-21-24(23(17-34)29-25(21)28-16-19)30-26(27-3)22-11-14-32(4)31-22;1-2/h7,9,11,14-17H,5-6,8,10,12-13H2,1-4H3,(H,27,30)(H,28,29);1-2H3. The van der Waals surface area contributed by atoms with Crippen molar-refractivity contribution in [3.05, 3.63) is 59.3 Å². The van der Waals surface area contributed by atoms with Crippen LogP contribution in [0.25, 0.3) is 16.6 Å². The summed E-state index contributed by atoms with van der Waals surface area (Å²) < 4.78 is 1.72. The Hall–Kier alpha value is -3.68. The molecule has 0 aliphatic heterocycles. The number of anilines is 1. The van der Waals surface area contributed by atoms with Crippen LogP contribution in [0, 0.1) is 0 Å². The average Bonchev–Trinajstić information content (AvgIpc) is 3.50. The van der Waals surface area contributed by atoms with E-state index in [-0.39, 0.29) is 0 Å². The monoisotopic (exact) mass is 489 g/mol. The molecule has 0 amide bonds. The number of aliphatic imine (C=N–C) groups is 1. The normalized spacial score (nSPS) is 13.6. The average molecular weight is 490 g/mol. The predicted molar refractivity (Wildman–Crippen MR) is 150 cm³/mol. The van der Waals surface area contributed by atoms with E-state index in [4.69, 9.17) is 0 Å². The van der Waals surface area contributed by atoms with Gasteiger partial charge in [-0.1, -0.05) is 33.8 Å². The van der Waals surface area contributed by atoms with Crippen LogP contribution in [0.15, 0.2) is 47.4 Å². The van der Waals surface area contributed by atoms with Crippen molar-refractivity contribution in [2.75, 3.05) is 25.5 Å². The molecule has 2 N–H and O–H groups in total. The number of rotatable bonds is 9. The maximum absolute atomic E-state index is 11.8. The Labute approximate surface area is 214 Å². The van der Waals surface area contributed by atoms with Gasteiger partial charge in [-0.15, -0.1) is 0 Å². The summed E-state index contributed by atoms with van der Waals surface area (Å²) in [7, 11) is 3.56. The molecule has 3 heterocycles. The van der Waals surface area contributed by atoms with Gasteiger partial charge in [0.05, 0.1) is 5.69 Å². The Kier molecular flexibility index (Phi) is 9.61. The number of H-pyrrole nitrogens is 1. The third kappa shape index (κ3) is 5.93. The maximum Gasteiger partial charge on any atom is 0.168 e. The van der Waals surface area contributed by atoms with Gasteiger partial charge in [-0.05, 0) is 55.0 Å². The lowest BCUT2D eigenvalue weighted by Gasteiger charge is -2.29. The molecule has 0 saturated carbocycles. The quantitative estimate of drug-likeness (QED) is 0.225. The molecule has 0 fully saturated rings. The van der Waals surface area contributed by atoms with Crippen molar-refractivity contribution in [2.45, 2.75) is 53.4 Å². The molecule has 1 aliphatic rings. The van der Waals surface area contributed by atoms with Crippen molar-refractivity contribution in [3.63, 3.8) is 0 Å². The van der Waals surface area contributed by atoms with Gasteiger partial charge < -0.3 is 15.2 Å². The van der Waals surface area contributed by atoms with Crippen molar-refractivity contribution in [2.24, 2.45) is 12.0 Å². The van der Waals surface area contributed by atoms with Crippen LogP contribution in [0.5, 0.6) is 0 Å². The smallest absolute Gasteiger partial charge is 0.168 e. The number of carbonyl (C=O) groups excluding carboxylic acids is 1. The number of aryl methyl sites for hydroxylation is 1. The molecular formula is C28H39N7O. The molecule has 8 nitrogen and oxygen atoms in total. The van der Waals surface area contributed by atoms with Crippen LogP contribution in [-0.4, -0.2) is 56.9 Å². The van der Waals surface area contributed by atoms with Crippen LogP contribution >= 0.6 is 0 Å². The Bertz CT molecular complexity index is 1260. The number of fused-ring (bicyclic) bond motifs is 1. The first-order chi connectivity index (χ1) is 17.6. The second-order valence-corrected chi connectivity index (χ2v) is 8.56. The molecule has 4 rings (SSSR count). The molecule has 1 aliphatic carbocycles. The second kappa shape index (κ2) is 12.9. The van der Waals surface area contributed by atoms with E-state index >= 15 is 0 Å². The van der Waals surface area contributed by atoms with E-state index in [2.05, 4.69) is 62.3 Å². The number of allylic oxidation sites excluding steroid dienone is 4. The lowest BCUT2D eigenvalue weighted by Crippen LogP contribution is -2.25. The van der Waals surface area contributed by atoms with Crippen molar-refractivity contribution in [1.29, 1.82) is 0 Å². The molecule has 0 saturated heterocycles. The number of nitrogens with one attached hydrogen (secondary N) is 2. The van der Waals surface area contributed by atoms with Crippen LogP contribution < -0.4 is 5.32 Å². The van der Waals surface area contributed by atoms with Crippen molar-refractivity contribution < 1.29 is 4.79 Å². The lowest BCUT2D eigenvalue weighted by atomic mass is 9.95. The van der Waals surface area contributed by atoms with Crippen LogP contribution in [0.1, 0.15) is 75.1 Å². The second-order valence-electron chi connectivity index (χ2n) is 8.56. The van der Waals surface area contributed by atoms with Gasteiger partial charge in [-0.2, -0.15) is 5.10 Å². The summed E-state index contributed by atoms with van der Waals surface area (Å²) in [6.07, 6.45) is 13.3. The fourth-order valence-corrected chi connectivity index (χ4v) is 4.45. The van der Waals surface area contributed by atoms with Gasteiger partial charge in [-0.25, -0.2) is 4.98 Å². The Balaban J connectivity index is 0.00000176. The Morgan fingerprint density at radius 2 is 1.97 bits per heavy atom. The zero-order valence-corrected chi connectivity index (χ0v) is 22.4. The summed E-state index contributed by atoms with van der Waals surface area (Å²) in [5.41, 5.74) is 6.19. The van der Waals surface area contributed by atoms with Crippen molar-refractivity contribution in [3.8, 4) is 0 Å². The molecule has 3 aromatic rings. The van der Waals surface area contributed by atoms with E-state index in [1.54, 1.807) is 11.7 Å². The molecule has 0 spiro atoms. The number of hydrogen-bond acceptors (Lipinski definition) is 5. The molecule has 0 aromatic carbocycles. The van der Waals surface area contributed by atoms with Crippen LogP contribution in [0.3, 0.4) is 0 Å². The van der Waals surface area contributed by atoms with Gasteiger partial charge in [0.1, 0.15) is 17.0 Å². The first-order valence-electron chi connectivity index (χ1n) is 12.9. The van der Waals surface area contributed by atoms with E-state index in [1.807, 2.05) is 39.4 Å². The molecule has 0 atom stereocenters. The van der Waals surface area contributed by atoms with Gasteiger partial charge >= 0.3 is 0 Å². The SMILES string of the molecule is CC.CCCN(CCC)C1=CC=C(c2cnc3[nH]c(C=O)c(NC(=NC)c4ccn(C)n4)c3c2)CC1. The highest BCUT2D eigenvalue weighted by Gasteiger charge is 2.18. The molecule has 3 aromatic heterocycles. The number of amidine groups is 1. The number of pyridine rings is 1. The highest BCUT2D eigenvalue weighted by atomic mass is 16.1. The number of aromatic amines is 1. The van der Waals surface area contributed by atoms with Gasteiger partial charge in [0.15, 0.2) is 12.1 Å². The molecular weight excluding hydrogens is 450 g/mol. The molecule has 0 bridgehead atoms. The number of aldehydes is 1. The summed E-state index contributed by atoms with van der Waals surface area (Å²) >= 11 is 0. The minimum absolute atomic E-state index is 0.436. The summed E-state index contributed by atoms with van der Waals surface area (Å²) in [4.78, 5) is 26.4. The van der Waals surface area contributed by atoms with E-state index < -0.39 is 0 Å². The third-order valence-electron chi connectivity index (χ3n) is 6.11. The zero-order chi connectivity index (χ0) is 26.1. The maximum atomic E-state index is 11.8. The largest absolute Gasteiger partial charge is 0.375 e. The van der Waals surface area contributed by atoms with Crippen molar-refractivity contribution >= 4 is 34.4 Å². The first kappa shape index (κ1) is 26.9. The molecule has 0 radical (unpaired) electrons. The van der Waals surface area contributed by atoms with Gasteiger partial charge in [0.25, 0.3) is 0 Å². The molecule has 0 unspecified atom stereocenters. The molecule has 8 heteroatoms. The van der Waals surface area contributed by atoms with E-state index in [0.717, 1.165) is 56.0 Å². The van der Waals surface area contributed by atoms with E-state index in [9.17, 15) is 4.79 Å². The summed E-state index contributed by atoms with van der Waals surface area (Å²) in [6, 6.07) is 3.98. The van der Waals surface area contributed by atoms with Gasteiger partial charge in [0.2, 0.25) is 0 Å². The third-order valence-corrected chi connectivity index (χ3v) is 6.11. The minimum Gasteiger partial charge on any atom is -0.375 e. The summed E-state index contributed by atoms with van der Waals surface area (Å²) in [6.45, 7) is 10.7. The first-order valence-corrected chi connectivity index (χ1v) is 12.9. The minimum atomic E-state index is 0.436. The summed E-state index contributed by atoms with van der Waals surface area (Å²) in [5.74, 6) is 0.589. The fourth-order valence-electron chi connectivity index (χ4n) is 4.45. The summed E-state index contributed by atoms with van der Waals surface area (Å²) in [5, 5.41) is 8.59. The zero-order valence-electron chi connectivity index (χ0n) is 22.4. The molecule has 192 valence electrons. The van der Waals surface area contributed by atoms with E-state index in [1.165, 1.54) is 11.3 Å². The Morgan fingerprint density at radius 3 is 2.53 bits per heavy atom. The number of hydrogen-bond donors (Lipinski definition) is 2. The van der Waals surface area contributed by atoms with E-state index in [0.29, 0.717) is 28.6 Å². The van der Waals surface area contributed by atoms with Gasteiger partial charge in [-0.3, -0.25) is 14.5 Å². The van der Waals surface area contributed by atoms with Crippen LogP contribution in [-0.2, 0) is 7.05 Å². The molecule has 36 heavy (non-hydrogen) atoms. The fraction of sp³-hybridized carbons (Fsp3) is 0.429. The number of aromatic nitrogens is 4. The van der Waals surface area contributed by atoms with Crippen molar-refractivity contribution in [1.82, 2.24) is 24.6 Å². The lowest BCUT2D eigenvalue weighted by molar-refractivity contribution is 0.112. The topological polar surface area (TPSA) is 91.2 Å². The van der Waals surface area contributed by atoms with Crippen LogP contribution in [0.4, 0.5) is 5.69 Å². The number of carbonyl (C=O) groups is 1. The highest BCUT2D eigenvalue weighted by molar-refractivity contribution is 6.14. The number of nitrogens with zero attached hydrogens (tertiary/aromatic N) is 5. The predicted octanol–water partition coefficient (Wildman–Crippen LogP) is 5.81. The Morgan fingerprint density at radius 1 is 1.22 bits per heavy atom.